The third-order valence-electron chi connectivity index (χ3n) is 4.40. The Balaban J connectivity index is 2.56. The van der Waals surface area contributed by atoms with Crippen molar-refractivity contribution >= 4 is 17.4 Å². The van der Waals surface area contributed by atoms with Crippen LogP contribution in [-0.4, -0.2) is 29.3 Å². The Morgan fingerprint density at radius 2 is 1.89 bits per heavy atom. The van der Waals surface area contributed by atoms with Crippen molar-refractivity contribution in [3.05, 3.63) is 50.5 Å². The third kappa shape index (κ3) is 4.15. The van der Waals surface area contributed by atoms with Crippen LogP contribution in [0.25, 0.3) is 0 Å². The van der Waals surface area contributed by atoms with E-state index in [1.54, 1.807) is 6.92 Å². The Kier molecular flexibility index (Phi) is 6.76. The molecule has 0 saturated heterocycles. The second kappa shape index (κ2) is 8.85. The number of esters is 1. The summed E-state index contributed by atoms with van der Waals surface area (Å²) in [5, 5.41) is 14.0. The molecular formula is C18H19F3N2O5. The smallest absolute Gasteiger partial charge is 0.343 e. The van der Waals surface area contributed by atoms with Crippen molar-refractivity contribution in [1.29, 1.82) is 0 Å². The Morgan fingerprint density at radius 1 is 1.25 bits per heavy atom. The molecule has 1 saturated carbocycles. The van der Waals surface area contributed by atoms with Gasteiger partial charge in [-0.15, -0.1) is 0 Å². The molecule has 0 unspecified atom stereocenters. The van der Waals surface area contributed by atoms with Gasteiger partial charge in [0.15, 0.2) is 5.82 Å². The third-order valence-corrected chi connectivity index (χ3v) is 4.40. The molecule has 0 aliphatic heterocycles. The fraction of sp³-hybridized carbons (Fsp3) is 0.444. The maximum absolute atomic E-state index is 14.5. The Labute approximate surface area is 158 Å². The molecule has 7 nitrogen and oxygen atoms in total. The van der Waals surface area contributed by atoms with E-state index in [4.69, 9.17) is 4.74 Å². The molecule has 0 heterocycles. The zero-order valence-corrected chi connectivity index (χ0v) is 15.3. The van der Waals surface area contributed by atoms with Crippen molar-refractivity contribution in [2.45, 2.75) is 45.6 Å². The van der Waals surface area contributed by atoms with Gasteiger partial charge in [0.25, 0.3) is 0 Å². The number of hydrogen-bond acceptors (Lipinski definition) is 6. The first-order chi connectivity index (χ1) is 13.2. The molecule has 1 fully saturated rings. The van der Waals surface area contributed by atoms with E-state index in [-0.39, 0.29) is 12.6 Å². The number of nitrogens with zero attached hydrogens (tertiary/aromatic N) is 1. The lowest BCUT2D eigenvalue weighted by atomic mass is 9.93. The van der Waals surface area contributed by atoms with Crippen LogP contribution in [-0.2, 0) is 9.53 Å². The van der Waals surface area contributed by atoms with Crippen molar-refractivity contribution in [3.63, 3.8) is 0 Å². The predicted molar refractivity (Wildman–Crippen MR) is 92.1 cm³/mol. The minimum atomic E-state index is -1.97. The fourth-order valence-electron chi connectivity index (χ4n) is 2.55. The Morgan fingerprint density at radius 3 is 2.39 bits per heavy atom. The Bertz CT molecular complexity index is 850. The number of ether oxygens (including phenoxy) is 1. The van der Waals surface area contributed by atoms with Crippen LogP contribution in [0.4, 0.5) is 18.9 Å². The highest BCUT2D eigenvalue weighted by atomic mass is 19.2. The van der Waals surface area contributed by atoms with E-state index in [1.165, 1.54) is 0 Å². The Hall–Kier alpha value is -2.91. The monoisotopic (exact) mass is 400 g/mol. The highest BCUT2D eigenvalue weighted by molar-refractivity contribution is 6.25. The molecule has 0 aromatic heterocycles. The van der Waals surface area contributed by atoms with Crippen molar-refractivity contribution in [2.75, 3.05) is 6.61 Å². The van der Waals surface area contributed by atoms with Gasteiger partial charge in [0.2, 0.25) is 11.6 Å². The van der Waals surface area contributed by atoms with Gasteiger partial charge in [-0.2, -0.15) is 4.39 Å². The van der Waals surface area contributed by atoms with Gasteiger partial charge in [0.1, 0.15) is 17.0 Å². The SMILES string of the molecule is CCCOC(=O)C(=CNC1CCC1)C(=O)c1c(F)c(C)c(F)c(F)c1[N+](=O)[O-]. The first-order valence-corrected chi connectivity index (χ1v) is 8.70. The lowest BCUT2D eigenvalue weighted by Crippen LogP contribution is -2.33. The minimum Gasteiger partial charge on any atom is -0.462 e. The number of nitrogens with one attached hydrogen (secondary N) is 1. The van der Waals surface area contributed by atoms with E-state index in [2.05, 4.69) is 5.32 Å². The van der Waals surface area contributed by atoms with E-state index in [1.807, 2.05) is 0 Å². The fourth-order valence-corrected chi connectivity index (χ4v) is 2.55. The van der Waals surface area contributed by atoms with Gasteiger partial charge in [-0.05, 0) is 32.6 Å². The minimum absolute atomic E-state index is 0.0201. The number of rotatable bonds is 8. The summed E-state index contributed by atoms with van der Waals surface area (Å²) in [6.45, 7) is 2.49. The van der Waals surface area contributed by atoms with Crippen molar-refractivity contribution in [3.8, 4) is 0 Å². The van der Waals surface area contributed by atoms with E-state index in [9.17, 15) is 32.9 Å². The van der Waals surface area contributed by atoms with Gasteiger partial charge >= 0.3 is 11.7 Å². The molecule has 10 heteroatoms. The number of ketones is 1. The van der Waals surface area contributed by atoms with Crippen molar-refractivity contribution < 1.29 is 32.4 Å². The molecule has 1 aromatic rings. The average Bonchev–Trinajstić information content (AvgIpc) is 2.61. The second-order valence-electron chi connectivity index (χ2n) is 6.37. The summed E-state index contributed by atoms with van der Waals surface area (Å²) in [6, 6.07) is -0.0201. The van der Waals surface area contributed by atoms with Crippen molar-refractivity contribution in [1.82, 2.24) is 5.32 Å². The number of hydrogen-bond donors (Lipinski definition) is 1. The molecule has 0 bridgehead atoms. The molecular weight excluding hydrogens is 381 g/mol. The van der Waals surface area contributed by atoms with Gasteiger partial charge in [-0.25, -0.2) is 13.6 Å². The van der Waals surface area contributed by atoms with Gasteiger partial charge in [0, 0.05) is 17.8 Å². The first-order valence-electron chi connectivity index (χ1n) is 8.70. The van der Waals surface area contributed by atoms with Crippen LogP contribution in [0, 0.1) is 34.5 Å². The van der Waals surface area contributed by atoms with Crippen LogP contribution < -0.4 is 5.32 Å². The van der Waals surface area contributed by atoms with Crippen LogP contribution in [0.3, 0.4) is 0 Å². The van der Waals surface area contributed by atoms with Crippen LogP contribution in [0.5, 0.6) is 0 Å². The zero-order chi connectivity index (χ0) is 21.0. The summed E-state index contributed by atoms with van der Waals surface area (Å²) in [7, 11) is 0. The second-order valence-corrected chi connectivity index (χ2v) is 6.37. The van der Waals surface area contributed by atoms with E-state index in [0.29, 0.717) is 6.42 Å². The van der Waals surface area contributed by atoms with Gasteiger partial charge in [-0.1, -0.05) is 6.92 Å². The highest BCUT2D eigenvalue weighted by Gasteiger charge is 2.37. The van der Waals surface area contributed by atoms with Gasteiger partial charge in [-0.3, -0.25) is 14.9 Å². The normalized spacial score (nSPS) is 14.4. The largest absolute Gasteiger partial charge is 0.462 e. The number of Topliss-reactive ketones (excluding diaryl/α,β-unsaturated/α-hetero) is 1. The molecule has 0 atom stereocenters. The summed E-state index contributed by atoms with van der Waals surface area (Å²) in [5.74, 6) is -7.95. The molecule has 1 N–H and O–H groups in total. The predicted octanol–water partition coefficient (Wildman–Crippen LogP) is 3.48. The summed E-state index contributed by atoms with van der Waals surface area (Å²) in [5.41, 5.74) is -4.62. The molecule has 1 aliphatic rings. The zero-order valence-electron chi connectivity index (χ0n) is 15.3. The molecule has 152 valence electrons. The maximum Gasteiger partial charge on any atom is 0.343 e. The molecule has 1 aromatic carbocycles. The lowest BCUT2D eigenvalue weighted by molar-refractivity contribution is -0.388. The van der Waals surface area contributed by atoms with E-state index < -0.39 is 56.5 Å². The van der Waals surface area contributed by atoms with Crippen LogP contribution >= 0.6 is 0 Å². The molecule has 2 rings (SSSR count). The van der Waals surface area contributed by atoms with Gasteiger partial charge in [0.05, 0.1) is 11.5 Å². The van der Waals surface area contributed by atoms with Crippen molar-refractivity contribution in [2.24, 2.45) is 0 Å². The van der Waals surface area contributed by atoms with Crippen LogP contribution in [0.2, 0.25) is 0 Å². The molecule has 1 aliphatic carbocycles. The first kappa shape index (κ1) is 21.4. The van der Waals surface area contributed by atoms with E-state index >= 15 is 0 Å². The summed E-state index contributed by atoms with van der Waals surface area (Å²) < 4.78 is 47.2. The maximum atomic E-state index is 14.5. The number of nitro benzene ring substituents is 1. The number of halogens is 3. The highest BCUT2D eigenvalue weighted by Crippen LogP contribution is 2.32. The van der Waals surface area contributed by atoms with Crippen LogP contribution in [0.15, 0.2) is 11.8 Å². The average molecular weight is 400 g/mol. The lowest BCUT2D eigenvalue weighted by Gasteiger charge is -2.25. The quantitative estimate of drug-likeness (QED) is 0.105. The molecule has 0 amide bonds. The topological polar surface area (TPSA) is 98.5 Å². The molecule has 0 radical (unpaired) electrons. The number of benzene rings is 1. The summed E-state index contributed by atoms with van der Waals surface area (Å²) in [6.07, 6.45) is 3.92. The number of nitro groups is 1. The number of carbonyl (C=O) groups is 2. The summed E-state index contributed by atoms with van der Waals surface area (Å²) >= 11 is 0. The van der Waals surface area contributed by atoms with Gasteiger partial charge < -0.3 is 10.1 Å². The van der Waals surface area contributed by atoms with Crippen LogP contribution in [0.1, 0.15) is 48.5 Å². The van der Waals surface area contributed by atoms with E-state index in [0.717, 1.165) is 32.4 Å². The summed E-state index contributed by atoms with van der Waals surface area (Å²) in [4.78, 5) is 34.8. The standard InChI is InChI=1S/C18H19F3N2O5/c1-3-7-28-18(25)11(8-22-10-5-4-6-10)17(24)12-13(19)9(2)14(20)15(21)16(12)23(26)27/h8,10,22H,3-7H2,1-2H3. The molecule has 28 heavy (non-hydrogen) atoms. The number of carbonyl (C=O) groups excluding carboxylic acids is 2. The molecule has 0 spiro atoms.